The lowest BCUT2D eigenvalue weighted by Gasteiger charge is -2.09. The van der Waals surface area contributed by atoms with Crippen LogP contribution < -0.4 is 4.74 Å². The van der Waals surface area contributed by atoms with Crippen molar-refractivity contribution in [3.63, 3.8) is 0 Å². The average molecular weight is 198 g/mol. The molecular formula is C9H10O5. The molecule has 0 aliphatic carbocycles. The number of carboxylic acids is 1. The molecule has 0 aliphatic rings. The predicted molar refractivity (Wildman–Crippen MR) is 47.1 cm³/mol. The van der Waals surface area contributed by atoms with Crippen molar-refractivity contribution in [3.05, 3.63) is 29.8 Å². The summed E-state index contributed by atoms with van der Waals surface area (Å²) in [5, 5.41) is 17.1. The summed E-state index contributed by atoms with van der Waals surface area (Å²) in [5.74, 6) is -0.758. The Bertz CT molecular complexity index is 323. The number of methoxy groups -OCH3 is 1. The van der Waals surface area contributed by atoms with Gasteiger partial charge in [-0.3, -0.25) is 5.26 Å². The molecule has 1 aromatic carbocycles. The zero-order chi connectivity index (χ0) is 10.6. The largest absolute Gasteiger partial charge is 0.497 e. The molecule has 14 heavy (non-hydrogen) atoms. The maximum atomic E-state index is 10.6. The van der Waals surface area contributed by atoms with Gasteiger partial charge in [-0.2, -0.15) is 0 Å². The van der Waals surface area contributed by atoms with Gasteiger partial charge in [0.2, 0.25) is 6.10 Å². The van der Waals surface area contributed by atoms with Gasteiger partial charge in [-0.25, -0.2) is 9.68 Å². The van der Waals surface area contributed by atoms with Gasteiger partial charge in [0.05, 0.1) is 7.11 Å². The van der Waals surface area contributed by atoms with Gasteiger partial charge < -0.3 is 9.84 Å². The molecule has 0 heterocycles. The quantitative estimate of drug-likeness (QED) is 0.563. The second-order valence-corrected chi connectivity index (χ2v) is 2.60. The Kier molecular flexibility index (Phi) is 3.44. The van der Waals surface area contributed by atoms with E-state index in [4.69, 9.17) is 15.1 Å². The zero-order valence-corrected chi connectivity index (χ0v) is 7.51. The van der Waals surface area contributed by atoms with Crippen LogP contribution in [0.5, 0.6) is 5.75 Å². The van der Waals surface area contributed by atoms with E-state index >= 15 is 0 Å². The van der Waals surface area contributed by atoms with Gasteiger partial charge in [0, 0.05) is 0 Å². The maximum absolute atomic E-state index is 10.6. The van der Waals surface area contributed by atoms with Crippen LogP contribution in [0.4, 0.5) is 0 Å². The van der Waals surface area contributed by atoms with E-state index in [1.807, 2.05) is 0 Å². The minimum Gasteiger partial charge on any atom is -0.497 e. The summed E-state index contributed by atoms with van der Waals surface area (Å²) >= 11 is 0. The third kappa shape index (κ3) is 2.21. The molecule has 0 amide bonds. The van der Waals surface area contributed by atoms with Crippen molar-refractivity contribution in [3.8, 4) is 5.75 Å². The highest BCUT2D eigenvalue weighted by Crippen LogP contribution is 2.21. The standard InChI is InChI=1S/C9H10O5/c1-13-7-4-2-3-6(5-7)8(14-12)9(10)11/h2-5,8,12H,1H3,(H,10,11). The summed E-state index contributed by atoms with van der Waals surface area (Å²) < 4.78 is 4.90. The fraction of sp³-hybridized carbons (Fsp3) is 0.222. The highest BCUT2D eigenvalue weighted by molar-refractivity contribution is 5.74. The highest BCUT2D eigenvalue weighted by Gasteiger charge is 2.20. The van der Waals surface area contributed by atoms with E-state index in [9.17, 15) is 4.79 Å². The van der Waals surface area contributed by atoms with E-state index < -0.39 is 12.1 Å². The maximum Gasteiger partial charge on any atom is 0.340 e. The number of carbonyl (C=O) groups is 1. The van der Waals surface area contributed by atoms with E-state index in [0.29, 0.717) is 11.3 Å². The van der Waals surface area contributed by atoms with Gasteiger partial charge in [-0.15, -0.1) is 0 Å². The first-order valence-corrected chi connectivity index (χ1v) is 3.86. The average Bonchev–Trinajstić information content (AvgIpc) is 2.19. The Labute approximate surface area is 80.4 Å². The minimum absolute atomic E-state index is 0.319. The first-order valence-electron chi connectivity index (χ1n) is 3.86. The summed E-state index contributed by atoms with van der Waals surface area (Å²) in [6, 6.07) is 6.29. The molecule has 5 heteroatoms. The van der Waals surface area contributed by atoms with E-state index in [1.54, 1.807) is 12.1 Å². The summed E-state index contributed by atoms with van der Waals surface area (Å²) in [4.78, 5) is 14.4. The fourth-order valence-corrected chi connectivity index (χ4v) is 1.05. The molecule has 1 aromatic rings. The van der Waals surface area contributed by atoms with Crippen molar-refractivity contribution < 1.29 is 24.8 Å². The van der Waals surface area contributed by atoms with Crippen molar-refractivity contribution in [2.75, 3.05) is 7.11 Å². The van der Waals surface area contributed by atoms with Crippen LogP contribution in [0.2, 0.25) is 0 Å². The predicted octanol–water partition coefficient (Wildman–Crippen LogP) is 1.31. The molecule has 0 aliphatic heterocycles. The molecule has 76 valence electrons. The van der Waals surface area contributed by atoms with Crippen LogP contribution in [0.3, 0.4) is 0 Å². The van der Waals surface area contributed by atoms with Crippen LogP contribution >= 0.6 is 0 Å². The summed E-state index contributed by atoms with van der Waals surface area (Å²) in [6.07, 6.45) is -1.38. The van der Waals surface area contributed by atoms with Gasteiger partial charge in [0.1, 0.15) is 5.75 Å². The highest BCUT2D eigenvalue weighted by atomic mass is 17.1. The van der Waals surface area contributed by atoms with Crippen LogP contribution in [0.15, 0.2) is 24.3 Å². The zero-order valence-electron chi connectivity index (χ0n) is 7.51. The molecule has 1 rings (SSSR count). The van der Waals surface area contributed by atoms with Crippen molar-refractivity contribution in [1.29, 1.82) is 0 Å². The lowest BCUT2D eigenvalue weighted by atomic mass is 10.1. The Hall–Kier alpha value is -1.59. The monoisotopic (exact) mass is 198 g/mol. The SMILES string of the molecule is COc1cccc(C(OO)C(=O)O)c1. The second-order valence-electron chi connectivity index (χ2n) is 2.60. The molecule has 0 fully saturated rings. The number of hydrogen-bond donors (Lipinski definition) is 2. The van der Waals surface area contributed by atoms with Crippen LogP contribution in [0, 0.1) is 0 Å². The van der Waals surface area contributed by atoms with Gasteiger partial charge >= 0.3 is 5.97 Å². The molecule has 2 N–H and O–H groups in total. The molecular weight excluding hydrogens is 188 g/mol. The van der Waals surface area contributed by atoms with E-state index in [0.717, 1.165) is 0 Å². The van der Waals surface area contributed by atoms with Gasteiger partial charge in [0.25, 0.3) is 0 Å². The van der Waals surface area contributed by atoms with Crippen molar-refractivity contribution in [2.24, 2.45) is 0 Å². The Morgan fingerprint density at radius 1 is 1.50 bits per heavy atom. The number of hydrogen-bond acceptors (Lipinski definition) is 4. The lowest BCUT2D eigenvalue weighted by Crippen LogP contribution is -2.13. The molecule has 0 radical (unpaired) electrons. The van der Waals surface area contributed by atoms with Crippen molar-refractivity contribution in [1.82, 2.24) is 0 Å². The second kappa shape index (κ2) is 4.59. The molecule has 0 saturated heterocycles. The molecule has 0 aromatic heterocycles. The summed E-state index contributed by atoms with van der Waals surface area (Å²) in [7, 11) is 1.47. The van der Waals surface area contributed by atoms with Gasteiger partial charge in [-0.05, 0) is 17.7 Å². The van der Waals surface area contributed by atoms with Crippen molar-refractivity contribution >= 4 is 5.97 Å². The molecule has 0 bridgehead atoms. The third-order valence-corrected chi connectivity index (χ3v) is 1.73. The van der Waals surface area contributed by atoms with Crippen molar-refractivity contribution in [2.45, 2.75) is 6.10 Å². The number of rotatable bonds is 4. The van der Waals surface area contributed by atoms with Crippen LogP contribution in [0.25, 0.3) is 0 Å². The molecule has 1 unspecified atom stereocenters. The Morgan fingerprint density at radius 3 is 2.71 bits per heavy atom. The van der Waals surface area contributed by atoms with E-state index in [1.165, 1.54) is 19.2 Å². The Balaban J connectivity index is 2.98. The normalized spacial score (nSPS) is 12.1. The molecule has 5 nitrogen and oxygen atoms in total. The van der Waals surface area contributed by atoms with Crippen LogP contribution in [0.1, 0.15) is 11.7 Å². The number of ether oxygens (including phenoxy) is 1. The molecule has 0 spiro atoms. The first kappa shape index (κ1) is 10.5. The number of benzene rings is 1. The third-order valence-electron chi connectivity index (χ3n) is 1.73. The minimum atomic E-state index is -1.38. The van der Waals surface area contributed by atoms with Gasteiger partial charge in [-0.1, -0.05) is 12.1 Å². The van der Waals surface area contributed by atoms with E-state index in [-0.39, 0.29) is 0 Å². The molecule has 1 atom stereocenters. The smallest absolute Gasteiger partial charge is 0.340 e. The Morgan fingerprint density at radius 2 is 2.21 bits per heavy atom. The first-order chi connectivity index (χ1) is 6.69. The van der Waals surface area contributed by atoms with Gasteiger partial charge in [0.15, 0.2) is 0 Å². The lowest BCUT2D eigenvalue weighted by molar-refractivity contribution is -0.279. The topological polar surface area (TPSA) is 76.0 Å². The molecule has 0 saturated carbocycles. The summed E-state index contributed by atoms with van der Waals surface area (Å²) in [5.41, 5.74) is 0.319. The number of carboxylic acid groups (broad SMARTS) is 1. The number of aliphatic carboxylic acids is 1. The van der Waals surface area contributed by atoms with E-state index in [2.05, 4.69) is 4.89 Å². The van der Waals surface area contributed by atoms with Crippen LogP contribution in [-0.4, -0.2) is 23.4 Å². The summed E-state index contributed by atoms with van der Waals surface area (Å²) in [6.45, 7) is 0. The fourth-order valence-electron chi connectivity index (χ4n) is 1.05. The van der Waals surface area contributed by atoms with Crippen LogP contribution in [-0.2, 0) is 9.68 Å².